The van der Waals surface area contributed by atoms with Crippen LogP contribution in [0.25, 0.3) is 11.4 Å². The summed E-state index contributed by atoms with van der Waals surface area (Å²) in [5.41, 5.74) is 6.91. The van der Waals surface area contributed by atoms with Crippen molar-refractivity contribution in [2.75, 3.05) is 20.8 Å². The second-order valence-corrected chi connectivity index (χ2v) is 13.7. The molecule has 1 aliphatic rings. The fourth-order valence-electron chi connectivity index (χ4n) is 5.36. The smallest absolute Gasteiger partial charge is 0.451 e. The van der Waals surface area contributed by atoms with E-state index in [9.17, 15) is 48.3 Å². The number of Topliss-reactive ketones (excluding diaryl/α,β-unsaturated/α-hetero) is 1. The molecule has 0 radical (unpaired) electrons. The predicted molar refractivity (Wildman–Crippen MR) is 183 cm³/mol. The van der Waals surface area contributed by atoms with Gasteiger partial charge in [-0.1, -0.05) is 0 Å². The summed E-state index contributed by atoms with van der Waals surface area (Å²) in [5, 5.41) is 8.12. The minimum Gasteiger partial charge on any atom is -0.480 e. The van der Waals surface area contributed by atoms with Gasteiger partial charge in [0.1, 0.15) is 23.4 Å². The van der Waals surface area contributed by atoms with Crippen molar-refractivity contribution in [1.29, 1.82) is 0 Å². The first-order valence-electron chi connectivity index (χ1n) is 16.0. The standard InChI is InChI=1S/C22H20F5N5O4S.C10H10F3N5O.ClH/c1-36-20-13(11-31(30-20)16-9-28-21(29-10-16)22(25,26)27)2-7-19(33)18-8-15(24)12-32(18)37(34,35)17-5-3-14(23)4-6-17;1-19-8-6(2-14)5-18(17-8)7-3-15-9(16-4-7)10(11,12)13;/h3-6,9-11,15,18H,2,7-8,12H2,1H3;3-5H,2,14H2,1H3;1H/t15-,18+;;/m1../s1. The van der Waals surface area contributed by atoms with Crippen LogP contribution in [0, 0.1) is 5.82 Å². The zero-order chi connectivity index (χ0) is 41.0. The maximum atomic E-state index is 14.2. The lowest BCUT2D eigenvalue weighted by molar-refractivity contribution is -0.145. The van der Waals surface area contributed by atoms with Gasteiger partial charge in [0.2, 0.25) is 33.4 Å². The number of rotatable bonds is 11. The van der Waals surface area contributed by atoms with E-state index in [0.717, 1.165) is 53.4 Å². The second-order valence-electron chi connectivity index (χ2n) is 11.8. The number of nitrogens with zero attached hydrogens (tertiary/aromatic N) is 9. The summed E-state index contributed by atoms with van der Waals surface area (Å²) in [7, 11) is -1.52. The van der Waals surface area contributed by atoms with Crippen molar-refractivity contribution in [3.05, 3.63) is 90.0 Å². The monoisotopic (exact) mass is 854 g/mol. The fraction of sp³-hybridized carbons (Fsp3) is 0.344. The summed E-state index contributed by atoms with van der Waals surface area (Å²) in [5.74, 6) is -3.31. The number of aryl methyl sites for hydroxylation is 1. The van der Waals surface area contributed by atoms with Gasteiger partial charge < -0.3 is 15.2 Å². The van der Waals surface area contributed by atoms with Crippen LogP contribution in [-0.4, -0.2) is 91.0 Å². The molecule has 1 fully saturated rings. The zero-order valence-corrected chi connectivity index (χ0v) is 31.1. The summed E-state index contributed by atoms with van der Waals surface area (Å²) in [6, 6.07) is 2.75. The Kier molecular flexibility index (Phi) is 13.9. The number of hydrogen-bond donors (Lipinski definition) is 1. The number of benzene rings is 1. The van der Waals surface area contributed by atoms with Crippen molar-refractivity contribution in [3.8, 4) is 23.1 Å². The lowest BCUT2D eigenvalue weighted by Gasteiger charge is -2.22. The van der Waals surface area contributed by atoms with E-state index in [4.69, 9.17) is 15.2 Å². The molecule has 0 saturated carbocycles. The van der Waals surface area contributed by atoms with E-state index in [0.29, 0.717) is 17.0 Å². The number of carbonyl (C=O) groups is 1. The van der Waals surface area contributed by atoms with E-state index in [1.165, 1.54) is 29.8 Å². The van der Waals surface area contributed by atoms with Crippen LogP contribution in [0.2, 0.25) is 0 Å². The molecule has 0 bridgehead atoms. The highest BCUT2D eigenvalue weighted by Gasteiger charge is 2.44. The summed E-state index contributed by atoms with van der Waals surface area (Å²) >= 11 is 0. The molecule has 6 rings (SSSR count). The fourth-order valence-corrected chi connectivity index (χ4v) is 7.01. The Bertz CT molecular complexity index is 2220. The quantitative estimate of drug-likeness (QED) is 0.181. The van der Waals surface area contributed by atoms with Crippen molar-refractivity contribution in [1.82, 2.24) is 43.8 Å². The number of hydrogen-bond acceptors (Lipinski definition) is 12. The average molecular weight is 855 g/mol. The molecule has 5 heterocycles. The van der Waals surface area contributed by atoms with Gasteiger partial charge in [0.15, 0.2) is 5.78 Å². The van der Waals surface area contributed by atoms with Gasteiger partial charge >= 0.3 is 12.4 Å². The van der Waals surface area contributed by atoms with Crippen LogP contribution < -0.4 is 15.2 Å². The van der Waals surface area contributed by atoms with E-state index in [2.05, 4.69) is 30.1 Å². The normalized spacial score (nSPS) is 16.1. The van der Waals surface area contributed by atoms with Crippen molar-refractivity contribution < 1.29 is 57.8 Å². The predicted octanol–water partition coefficient (Wildman–Crippen LogP) is 4.70. The van der Waals surface area contributed by atoms with Gasteiger partial charge in [-0.15, -0.1) is 22.6 Å². The van der Waals surface area contributed by atoms with Gasteiger partial charge in [-0.2, -0.15) is 30.6 Å². The van der Waals surface area contributed by atoms with Crippen molar-refractivity contribution in [2.24, 2.45) is 5.73 Å². The number of alkyl halides is 7. The second kappa shape index (κ2) is 17.9. The van der Waals surface area contributed by atoms with E-state index < -0.39 is 64.4 Å². The summed E-state index contributed by atoms with van der Waals surface area (Å²) in [6.07, 6.45) is -4.44. The largest absolute Gasteiger partial charge is 0.480 e. The number of halogens is 9. The van der Waals surface area contributed by atoms with E-state index in [1.54, 1.807) is 6.20 Å². The molecule has 0 spiro atoms. The molecular formula is C32H31ClF8N10O5S. The minimum absolute atomic E-state index is 0. The molecule has 0 unspecified atom stereocenters. The van der Waals surface area contributed by atoms with Crippen molar-refractivity contribution in [2.45, 2.75) is 55.3 Å². The maximum absolute atomic E-state index is 14.2. The number of aromatic nitrogens is 8. The summed E-state index contributed by atoms with van der Waals surface area (Å²) < 4.78 is 142. The van der Waals surface area contributed by atoms with Gasteiger partial charge in [-0.3, -0.25) is 4.79 Å². The Morgan fingerprint density at radius 2 is 1.28 bits per heavy atom. The molecule has 2 atom stereocenters. The molecule has 0 aliphatic carbocycles. The summed E-state index contributed by atoms with van der Waals surface area (Å²) in [4.78, 5) is 25.8. The lowest BCUT2D eigenvalue weighted by atomic mass is 10.0. The maximum Gasteiger partial charge on any atom is 0.451 e. The molecule has 1 aliphatic heterocycles. The molecule has 308 valence electrons. The minimum atomic E-state index is -4.71. The van der Waals surface area contributed by atoms with Crippen LogP contribution in [-0.2, 0) is 40.1 Å². The highest BCUT2D eigenvalue weighted by molar-refractivity contribution is 7.89. The van der Waals surface area contributed by atoms with Gasteiger partial charge in [0, 0.05) is 49.5 Å². The first kappa shape index (κ1) is 44.4. The van der Waals surface area contributed by atoms with Crippen LogP contribution in [0.4, 0.5) is 35.1 Å². The number of sulfonamides is 1. The molecule has 25 heteroatoms. The van der Waals surface area contributed by atoms with Gasteiger partial charge in [0.25, 0.3) is 0 Å². The molecule has 4 aromatic heterocycles. The molecule has 0 amide bonds. The Balaban J connectivity index is 0.000000303. The van der Waals surface area contributed by atoms with E-state index in [1.807, 2.05) is 0 Å². The van der Waals surface area contributed by atoms with Gasteiger partial charge in [-0.25, -0.2) is 46.5 Å². The highest BCUT2D eigenvalue weighted by atomic mass is 35.5. The first-order chi connectivity index (χ1) is 26.3. The third-order valence-corrected chi connectivity index (χ3v) is 9.95. The molecule has 15 nitrogen and oxygen atoms in total. The van der Waals surface area contributed by atoms with Crippen LogP contribution >= 0.6 is 12.4 Å². The number of methoxy groups -OCH3 is 2. The Morgan fingerprint density at radius 1 is 0.825 bits per heavy atom. The Morgan fingerprint density at radius 3 is 1.70 bits per heavy atom. The van der Waals surface area contributed by atoms with Gasteiger partial charge in [0.05, 0.1) is 49.9 Å². The number of carbonyl (C=O) groups excluding carboxylic acids is 1. The third kappa shape index (κ3) is 10.4. The zero-order valence-electron chi connectivity index (χ0n) is 29.4. The van der Waals surface area contributed by atoms with Crippen molar-refractivity contribution in [3.63, 3.8) is 0 Å². The van der Waals surface area contributed by atoms with Gasteiger partial charge in [-0.05, 0) is 30.7 Å². The Hall–Kier alpha value is -5.33. The van der Waals surface area contributed by atoms with Crippen LogP contribution in [0.3, 0.4) is 0 Å². The molecular weight excluding hydrogens is 824 g/mol. The van der Waals surface area contributed by atoms with E-state index >= 15 is 0 Å². The van der Waals surface area contributed by atoms with E-state index in [-0.39, 0.29) is 60.4 Å². The summed E-state index contributed by atoms with van der Waals surface area (Å²) in [6.45, 7) is -0.310. The molecule has 1 saturated heterocycles. The van der Waals surface area contributed by atoms with Crippen LogP contribution in [0.1, 0.15) is 35.6 Å². The molecule has 5 aromatic rings. The number of ketones is 1. The number of ether oxygens (including phenoxy) is 2. The SMILES string of the molecule is COc1nn(-c2cnc(C(F)(F)F)nc2)cc1CCC(=O)[C@@H]1C[C@@H](F)CN1S(=O)(=O)c1ccc(F)cc1.COc1nn(-c2cnc(C(F)(F)F)nc2)cc1CN.Cl. The highest BCUT2D eigenvalue weighted by Crippen LogP contribution is 2.31. The van der Waals surface area contributed by atoms with Crippen molar-refractivity contribution >= 4 is 28.2 Å². The van der Waals surface area contributed by atoms with Crippen LogP contribution in [0.15, 0.2) is 66.3 Å². The lowest BCUT2D eigenvalue weighted by Crippen LogP contribution is -2.40. The average Bonchev–Trinajstić information content (AvgIpc) is 3.90. The molecule has 1 aromatic carbocycles. The molecule has 57 heavy (non-hydrogen) atoms. The van der Waals surface area contributed by atoms with Crippen LogP contribution in [0.5, 0.6) is 11.8 Å². The first-order valence-corrected chi connectivity index (χ1v) is 17.5. The Labute approximate surface area is 324 Å². The third-order valence-electron chi connectivity index (χ3n) is 8.06. The number of nitrogens with two attached hydrogens (primary N) is 1. The topological polar surface area (TPSA) is 186 Å². The molecule has 2 N–H and O–H groups in total.